The molecule has 1 unspecified atom stereocenters. The molecule has 0 saturated heterocycles. The minimum absolute atomic E-state index is 0.220. The quantitative estimate of drug-likeness (QED) is 0.344. The summed E-state index contributed by atoms with van der Waals surface area (Å²) in [6.07, 6.45) is 5.79. The summed E-state index contributed by atoms with van der Waals surface area (Å²) in [5.41, 5.74) is 13.0. The number of halogens is 1. The molecule has 0 spiro atoms. The second-order valence-electron chi connectivity index (χ2n) is 9.87. The number of benzene rings is 2. The van der Waals surface area contributed by atoms with Gasteiger partial charge in [-0.2, -0.15) is 5.10 Å². The van der Waals surface area contributed by atoms with Crippen LogP contribution in [0.15, 0.2) is 48.9 Å². The van der Waals surface area contributed by atoms with Gasteiger partial charge in [0.1, 0.15) is 5.75 Å². The Morgan fingerprint density at radius 1 is 1.26 bits per heavy atom. The van der Waals surface area contributed by atoms with Gasteiger partial charge in [0.15, 0.2) is 11.6 Å². The zero-order chi connectivity index (χ0) is 27.7. The molecule has 1 aliphatic heterocycles. The van der Waals surface area contributed by atoms with Gasteiger partial charge in [0, 0.05) is 29.9 Å². The molecule has 9 nitrogen and oxygen atoms in total. The average Bonchev–Trinajstić information content (AvgIpc) is 3.39. The summed E-state index contributed by atoms with van der Waals surface area (Å²) in [4.78, 5) is 24.5. The van der Waals surface area contributed by atoms with Crippen LogP contribution in [0.2, 0.25) is 5.02 Å². The molecule has 5 rings (SSSR count). The van der Waals surface area contributed by atoms with Crippen molar-refractivity contribution in [1.82, 2.24) is 30.0 Å². The Kier molecular flexibility index (Phi) is 7.54. The van der Waals surface area contributed by atoms with Crippen molar-refractivity contribution in [3.63, 3.8) is 0 Å². The normalized spacial score (nSPS) is 14.1. The highest BCUT2D eigenvalue weighted by Crippen LogP contribution is 2.30. The van der Waals surface area contributed by atoms with Crippen molar-refractivity contribution in [3.05, 3.63) is 81.8 Å². The van der Waals surface area contributed by atoms with Crippen LogP contribution in [0.25, 0.3) is 17.1 Å². The summed E-state index contributed by atoms with van der Waals surface area (Å²) in [6, 6.07) is 9.42. The Bertz CT molecular complexity index is 1530. The van der Waals surface area contributed by atoms with Crippen molar-refractivity contribution in [2.75, 3.05) is 25.9 Å². The number of aromatic nitrogens is 4. The second-order valence-corrected chi connectivity index (χ2v) is 10.3. The first-order valence-electron chi connectivity index (χ1n) is 13.0. The molecule has 0 radical (unpaired) electrons. The van der Waals surface area contributed by atoms with Crippen LogP contribution in [0.5, 0.6) is 5.75 Å². The highest BCUT2D eigenvalue weighted by molar-refractivity contribution is 6.31. The minimum Gasteiger partial charge on any atom is -0.494 e. The number of nitrogens with one attached hydrogen (secondary N) is 1. The van der Waals surface area contributed by atoms with E-state index in [0.717, 1.165) is 30.6 Å². The van der Waals surface area contributed by atoms with Crippen LogP contribution in [0.4, 0.5) is 5.82 Å². The third-order valence-corrected chi connectivity index (χ3v) is 7.31. The van der Waals surface area contributed by atoms with E-state index < -0.39 is 0 Å². The van der Waals surface area contributed by atoms with Gasteiger partial charge in [-0.25, -0.2) is 14.6 Å². The number of hydrogen-bond donors (Lipinski definition) is 2. The molecule has 3 heterocycles. The number of ether oxygens (including phenoxy) is 1. The van der Waals surface area contributed by atoms with Crippen molar-refractivity contribution < 1.29 is 9.53 Å². The van der Waals surface area contributed by atoms with E-state index in [4.69, 9.17) is 27.1 Å². The summed E-state index contributed by atoms with van der Waals surface area (Å²) < 4.78 is 6.97. The maximum atomic E-state index is 13.0. The standard InChI is InChI=1S/C29H32ClN7O2/c1-5-39-22-6-7-24(25(30)12-22)18(3)34-29(38)21-13-33-37(16-21)28-27(31)32-14-26(35-28)19-10-17(2)23-8-9-36(4)15-20(23)11-19/h6-7,10-14,16,18H,5,8-9,15H2,1-4H3,(H2,31,32)(H,34,38). The molecule has 1 amide bonds. The number of amides is 1. The molecule has 1 aliphatic rings. The predicted molar refractivity (Wildman–Crippen MR) is 152 cm³/mol. The lowest BCUT2D eigenvalue weighted by Gasteiger charge is -2.27. The lowest BCUT2D eigenvalue weighted by molar-refractivity contribution is 0.0940. The zero-order valence-electron chi connectivity index (χ0n) is 22.5. The molecule has 2 aromatic heterocycles. The van der Waals surface area contributed by atoms with Gasteiger partial charge in [-0.05, 0) is 80.8 Å². The molecule has 0 fully saturated rings. The summed E-state index contributed by atoms with van der Waals surface area (Å²) >= 11 is 6.43. The van der Waals surface area contributed by atoms with Gasteiger partial charge < -0.3 is 20.7 Å². The molecular weight excluding hydrogens is 514 g/mol. The number of fused-ring (bicyclic) bond motifs is 1. The van der Waals surface area contributed by atoms with Crippen LogP contribution < -0.4 is 15.8 Å². The second kappa shape index (κ2) is 11.0. The molecular formula is C29H32ClN7O2. The number of aryl methyl sites for hydroxylation is 1. The van der Waals surface area contributed by atoms with E-state index in [0.29, 0.717) is 34.5 Å². The third-order valence-electron chi connectivity index (χ3n) is 6.99. The molecule has 3 N–H and O–H groups in total. The molecule has 2 aromatic carbocycles. The average molecular weight is 546 g/mol. The molecule has 39 heavy (non-hydrogen) atoms. The predicted octanol–water partition coefficient (Wildman–Crippen LogP) is 4.75. The van der Waals surface area contributed by atoms with Gasteiger partial charge in [0.05, 0.1) is 36.3 Å². The highest BCUT2D eigenvalue weighted by Gasteiger charge is 2.20. The largest absolute Gasteiger partial charge is 0.494 e. The van der Waals surface area contributed by atoms with Gasteiger partial charge in [0.25, 0.3) is 5.91 Å². The molecule has 0 aliphatic carbocycles. The number of rotatable bonds is 7. The Labute approximate surface area is 233 Å². The fourth-order valence-corrected chi connectivity index (χ4v) is 5.27. The number of likely N-dealkylation sites (N-methyl/N-ethyl adjacent to an activating group) is 1. The summed E-state index contributed by atoms with van der Waals surface area (Å²) in [7, 11) is 2.13. The van der Waals surface area contributed by atoms with Crippen LogP contribution in [0, 0.1) is 6.92 Å². The van der Waals surface area contributed by atoms with Crippen molar-refractivity contribution in [1.29, 1.82) is 0 Å². The first-order valence-corrected chi connectivity index (χ1v) is 13.3. The van der Waals surface area contributed by atoms with Gasteiger partial charge in [0.2, 0.25) is 0 Å². The van der Waals surface area contributed by atoms with Gasteiger partial charge >= 0.3 is 0 Å². The van der Waals surface area contributed by atoms with Crippen molar-refractivity contribution in [2.24, 2.45) is 0 Å². The third kappa shape index (κ3) is 5.60. The summed E-state index contributed by atoms with van der Waals surface area (Å²) in [5, 5.41) is 7.85. The number of nitrogens with zero attached hydrogens (tertiary/aromatic N) is 5. The first kappa shape index (κ1) is 26.6. The number of carbonyl (C=O) groups excluding carboxylic acids is 1. The van der Waals surface area contributed by atoms with E-state index >= 15 is 0 Å². The molecule has 0 bridgehead atoms. The number of nitrogen functional groups attached to an aromatic ring is 1. The van der Waals surface area contributed by atoms with E-state index in [1.54, 1.807) is 18.5 Å². The van der Waals surface area contributed by atoms with E-state index in [9.17, 15) is 4.79 Å². The topological polar surface area (TPSA) is 111 Å². The van der Waals surface area contributed by atoms with E-state index in [-0.39, 0.29) is 17.8 Å². The Balaban J connectivity index is 1.36. The maximum absolute atomic E-state index is 13.0. The fourth-order valence-electron chi connectivity index (χ4n) is 4.93. The number of carbonyl (C=O) groups is 1. The number of hydrogen-bond acceptors (Lipinski definition) is 7. The van der Waals surface area contributed by atoms with Crippen molar-refractivity contribution >= 4 is 23.3 Å². The van der Waals surface area contributed by atoms with Crippen LogP contribution in [0.1, 0.15) is 52.5 Å². The Hall–Kier alpha value is -3.95. The fraction of sp³-hybridized carbons (Fsp3) is 0.310. The summed E-state index contributed by atoms with van der Waals surface area (Å²) in [5.74, 6) is 0.972. The van der Waals surface area contributed by atoms with E-state index in [2.05, 4.69) is 46.4 Å². The molecule has 4 aromatic rings. The monoisotopic (exact) mass is 545 g/mol. The lowest BCUT2D eigenvalue weighted by atomic mass is 9.92. The lowest BCUT2D eigenvalue weighted by Crippen LogP contribution is -2.27. The molecule has 10 heteroatoms. The van der Waals surface area contributed by atoms with Crippen molar-refractivity contribution in [2.45, 2.75) is 39.8 Å². The van der Waals surface area contributed by atoms with Crippen LogP contribution in [0.3, 0.4) is 0 Å². The molecule has 1 atom stereocenters. The number of nitrogens with two attached hydrogens (primary N) is 1. The van der Waals surface area contributed by atoms with E-state index in [1.807, 2.05) is 26.0 Å². The SMILES string of the molecule is CCOc1ccc(C(C)NC(=O)c2cnn(-c3nc(-c4cc(C)c5c(c4)CN(C)CC5)cnc3N)c2)c(Cl)c1. The minimum atomic E-state index is -0.330. The Morgan fingerprint density at radius 2 is 2.08 bits per heavy atom. The first-order chi connectivity index (χ1) is 18.7. The van der Waals surface area contributed by atoms with Crippen LogP contribution in [-0.2, 0) is 13.0 Å². The molecule has 202 valence electrons. The van der Waals surface area contributed by atoms with Gasteiger partial charge in [-0.1, -0.05) is 17.7 Å². The smallest absolute Gasteiger partial charge is 0.254 e. The van der Waals surface area contributed by atoms with E-state index in [1.165, 1.54) is 27.6 Å². The van der Waals surface area contributed by atoms with Crippen molar-refractivity contribution in [3.8, 4) is 22.8 Å². The zero-order valence-corrected chi connectivity index (χ0v) is 23.3. The van der Waals surface area contributed by atoms with Gasteiger partial charge in [-0.15, -0.1) is 0 Å². The Morgan fingerprint density at radius 3 is 2.85 bits per heavy atom. The van der Waals surface area contributed by atoms with Crippen LogP contribution in [-0.4, -0.2) is 50.8 Å². The number of anilines is 1. The van der Waals surface area contributed by atoms with Gasteiger partial charge in [-0.3, -0.25) is 4.79 Å². The molecule has 0 saturated carbocycles. The summed E-state index contributed by atoms with van der Waals surface area (Å²) in [6.45, 7) is 8.42. The maximum Gasteiger partial charge on any atom is 0.254 e. The highest BCUT2D eigenvalue weighted by atomic mass is 35.5. The van der Waals surface area contributed by atoms with Crippen LogP contribution >= 0.6 is 11.6 Å².